The normalized spacial score (nSPS) is 15.9. The maximum absolute atomic E-state index is 6.16. The Bertz CT molecular complexity index is 610. The van der Waals surface area contributed by atoms with Crippen LogP contribution in [0.1, 0.15) is 40.5 Å². The molecule has 0 aromatic rings. The minimum Gasteiger partial charge on any atom is -0.485 e. The molecule has 0 saturated carbocycles. The average molecular weight is 355 g/mol. The van der Waals surface area contributed by atoms with Crippen LogP contribution in [-0.4, -0.2) is 13.2 Å². The lowest BCUT2D eigenvalue weighted by molar-refractivity contribution is 0.172. The molecule has 1 aliphatic carbocycles. The van der Waals surface area contributed by atoms with Crippen molar-refractivity contribution >= 4 is 0 Å². The van der Waals surface area contributed by atoms with Gasteiger partial charge in [0, 0.05) is 0 Å². The fraction of sp³-hybridized carbons (Fsp3) is 0.417. The fourth-order valence-corrected chi connectivity index (χ4v) is 2.43. The van der Waals surface area contributed by atoms with Gasteiger partial charge >= 0.3 is 0 Å². The van der Waals surface area contributed by atoms with Crippen LogP contribution in [0.15, 0.2) is 84.4 Å². The standard InChI is InChI=1S/C24H34O2/c1-7-12-21(8-2)17-25-23(15-19(3)4)24(16-20(5)6)26-18-22-13-10-9-11-14-22/h7-8,10,12-16,19-20H,1-2,9,11,17-18H2,3-6H3/b21-12+,23-15+,24-16+. The summed E-state index contributed by atoms with van der Waals surface area (Å²) in [5.74, 6) is 2.30. The summed E-state index contributed by atoms with van der Waals surface area (Å²) in [5.41, 5.74) is 2.20. The first-order valence-corrected chi connectivity index (χ1v) is 9.45. The number of rotatable bonds is 11. The van der Waals surface area contributed by atoms with Gasteiger partial charge in [0.15, 0.2) is 11.5 Å². The molecule has 1 rings (SSSR count). The number of ether oxygens (including phenoxy) is 2. The molecule has 0 aromatic heterocycles. The maximum atomic E-state index is 6.16. The van der Waals surface area contributed by atoms with E-state index in [1.54, 1.807) is 12.2 Å². The topological polar surface area (TPSA) is 18.5 Å². The minimum absolute atomic E-state index is 0.355. The molecule has 26 heavy (non-hydrogen) atoms. The van der Waals surface area contributed by atoms with Crippen molar-refractivity contribution in [1.29, 1.82) is 0 Å². The molecule has 0 aliphatic heterocycles. The second-order valence-electron chi connectivity index (χ2n) is 7.07. The Labute approximate surface area is 160 Å². The van der Waals surface area contributed by atoms with Crippen LogP contribution in [0.2, 0.25) is 0 Å². The van der Waals surface area contributed by atoms with Crippen LogP contribution in [0, 0.1) is 11.8 Å². The second-order valence-corrected chi connectivity index (χ2v) is 7.07. The molecule has 0 unspecified atom stereocenters. The first-order chi connectivity index (χ1) is 12.5. The average Bonchev–Trinajstić information content (AvgIpc) is 2.61. The summed E-state index contributed by atoms with van der Waals surface area (Å²) < 4.78 is 12.3. The predicted molar refractivity (Wildman–Crippen MR) is 113 cm³/mol. The molecular formula is C24H34O2. The van der Waals surface area contributed by atoms with Crippen LogP contribution in [0.25, 0.3) is 0 Å². The molecule has 0 fully saturated rings. The van der Waals surface area contributed by atoms with Crippen LogP contribution in [0.3, 0.4) is 0 Å². The lowest BCUT2D eigenvalue weighted by Crippen LogP contribution is -2.08. The van der Waals surface area contributed by atoms with Gasteiger partial charge in [-0.1, -0.05) is 77.3 Å². The Morgan fingerprint density at radius 2 is 1.69 bits per heavy atom. The van der Waals surface area contributed by atoms with Crippen molar-refractivity contribution in [3.05, 3.63) is 84.4 Å². The van der Waals surface area contributed by atoms with E-state index in [0.29, 0.717) is 25.0 Å². The Hall–Kier alpha value is -2.22. The summed E-state index contributed by atoms with van der Waals surface area (Å²) in [4.78, 5) is 0. The third-order valence-corrected chi connectivity index (χ3v) is 3.67. The van der Waals surface area contributed by atoms with Crippen LogP contribution in [0.5, 0.6) is 0 Å². The van der Waals surface area contributed by atoms with Crippen molar-refractivity contribution in [1.82, 2.24) is 0 Å². The predicted octanol–water partition coefficient (Wildman–Crippen LogP) is 6.67. The molecule has 1 aliphatic rings. The van der Waals surface area contributed by atoms with Crippen LogP contribution >= 0.6 is 0 Å². The number of hydrogen-bond acceptors (Lipinski definition) is 2. The quantitative estimate of drug-likeness (QED) is 0.304. The molecule has 0 spiro atoms. The van der Waals surface area contributed by atoms with Crippen molar-refractivity contribution in [2.75, 3.05) is 13.2 Å². The van der Waals surface area contributed by atoms with E-state index in [0.717, 1.165) is 29.9 Å². The van der Waals surface area contributed by atoms with Gasteiger partial charge in [-0.15, -0.1) is 0 Å². The zero-order valence-electron chi connectivity index (χ0n) is 16.8. The highest BCUT2D eigenvalue weighted by Crippen LogP contribution is 2.21. The third-order valence-electron chi connectivity index (χ3n) is 3.67. The molecule has 0 saturated heterocycles. The molecule has 0 radical (unpaired) electrons. The lowest BCUT2D eigenvalue weighted by atomic mass is 10.1. The van der Waals surface area contributed by atoms with Gasteiger partial charge < -0.3 is 9.47 Å². The molecule has 2 heteroatoms. The van der Waals surface area contributed by atoms with Gasteiger partial charge in [-0.3, -0.25) is 0 Å². The van der Waals surface area contributed by atoms with E-state index in [1.165, 1.54) is 5.57 Å². The van der Waals surface area contributed by atoms with Crippen LogP contribution in [-0.2, 0) is 9.47 Å². The molecule has 0 amide bonds. The van der Waals surface area contributed by atoms with Crippen molar-refractivity contribution in [2.24, 2.45) is 11.8 Å². The SMILES string of the molecule is C=C/C=C(\C=C)COC(=C/C(C)C)/C(=C\C(C)C)OCC1=CCCC=C1. The summed E-state index contributed by atoms with van der Waals surface area (Å²) in [6.45, 7) is 17.1. The zero-order valence-corrected chi connectivity index (χ0v) is 16.8. The van der Waals surface area contributed by atoms with Gasteiger partial charge in [-0.05, 0) is 48.0 Å². The van der Waals surface area contributed by atoms with Gasteiger partial charge in [-0.2, -0.15) is 0 Å². The summed E-state index contributed by atoms with van der Waals surface area (Å²) in [6.07, 6.45) is 18.4. The van der Waals surface area contributed by atoms with E-state index >= 15 is 0 Å². The van der Waals surface area contributed by atoms with Gasteiger partial charge in [0.2, 0.25) is 0 Å². The Morgan fingerprint density at radius 1 is 1.04 bits per heavy atom. The Kier molecular flexibility index (Phi) is 10.2. The molecule has 142 valence electrons. The molecule has 0 heterocycles. The fourth-order valence-electron chi connectivity index (χ4n) is 2.43. The van der Waals surface area contributed by atoms with Gasteiger partial charge in [0.1, 0.15) is 13.2 Å². The highest BCUT2D eigenvalue weighted by atomic mass is 16.5. The Balaban J connectivity index is 2.96. The molecule has 0 atom stereocenters. The number of allylic oxidation sites excluding steroid dienone is 6. The third kappa shape index (κ3) is 8.75. The van der Waals surface area contributed by atoms with E-state index in [-0.39, 0.29) is 0 Å². The lowest BCUT2D eigenvalue weighted by Gasteiger charge is -2.18. The first-order valence-electron chi connectivity index (χ1n) is 9.45. The summed E-state index contributed by atoms with van der Waals surface area (Å²) in [6, 6.07) is 0. The smallest absolute Gasteiger partial charge is 0.157 e. The Morgan fingerprint density at radius 3 is 2.19 bits per heavy atom. The largest absolute Gasteiger partial charge is 0.485 e. The van der Waals surface area contributed by atoms with E-state index in [2.05, 4.69) is 71.2 Å². The maximum Gasteiger partial charge on any atom is 0.157 e. The van der Waals surface area contributed by atoms with Crippen molar-refractivity contribution in [3.8, 4) is 0 Å². The van der Waals surface area contributed by atoms with Crippen LogP contribution in [0.4, 0.5) is 0 Å². The zero-order chi connectivity index (χ0) is 19.4. The summed E-state index contributed by atoms with van der Waals surface area (Å²) >= 11 is 0. The van der Waals surface area contributed by atoms with Crippen molar-refractivity contribution < 1.29 is 9.47 Å². The van der Waals surface area contributed by atoms with Gasteiger partial charge in [0.05, 0.1) is 0 Å². The summed E-state index contributed by atoms with van der Waals surface area (Å²) in [5, 5.41) is 0. The molecular weight excluding hydrogens is 320 g/mol. The molecule has 2 nitrogen and oxygen atoms in total. The first kappa shape index (κ1) is 21.8. The van der Waals surface area contributed by atoms with E-state index in [4.69, 9.17) is 9.47 Å². The van der Waals surface area contributed by atoms with E-state index < -0.39 is 0 Å². The minimum atomic E-state index is 0.355. The van der Waals surface area contributed by atoms with Gasteiger partial charge in [-0.25, -0.2) is 0 Å². The van der Waals surface area contributed by atoms with Crippen molar-refractivity contribution in [2.45, 2.75) is 40.5 Å². The number of hydrogen-bond donors (Lipinski definition) is 0. The monoisotopic (exact) mass is 354 g/mol. The molecule has 0 bridgehead atoms. The van der Waals surface area contributed by atoms with E-state index in [1.807, 2.05) is 6.08 Å². The van der Waals surface area contributed by atoms with Crippen LogP contribution < -0.4 is 0 Å². The molecule has 0 N–H and O–H groups in total. The van der Waals surface area contributed by atoms with E-state index in [9.17, 15) is 0 Å². The highest BCUT2D eigenvalue weighted by molar-refractivity contribution is 5.27. The van der Waals surface area contributed by atoms with Gasteiger partial charge in [0.25, 0.3) is 0 Å². The highest BCUT2D eigenvalue weighted by Gasteiger charge is 2.12. The van der Waals surface area contributed by atoms with Crippen molar-refractivity contribution in [3.63, 3.8) is 0 Å². The second kappa shape index (κ2) is 12.2. The summed E-state index contributed by atoms with van der Waals surface area (Å²) in [7, 11) is 0. The molecule has 0 aromatic carbocycles.